The van der Waals surface area contributed by atoms with Gasteiger partial charge in [-0.05, 0) is 24.8 Å². The van der Waals surface area contributed by atoms with Crippen LogP contribution in [0, 0.1) is 0 Å². The van der Waals surface area contributed by atoms with Crippen molar-refractivity contribution < 1.29 is 4.79 Å². The van der Waals surface area contributed by atoms with Gasteiger partial charge in [0.1, 0.15) is 0 Å². The molecular formula is C21H27N5O. The largest absolute Gasteiger partial charge is 0.341 e. The Hall–Kier alpha value is -2.47. The Morgan fingerprint density at radius 2 is 1.74 bits per heavy atom. The Labute approximate surface area is 160 Å². The van der Waals surface area contributed by atoms with Crippen molar-refractivity contribution in [2.75, 3.05) is 31.1 Å². The number of hydrogen-bond acceptors (Lipinski definition) is 5. The summed E-state index contributed by atoms with van der Waals surface area (Å²) in [6, 6.07) is 10.4. The molecule has 3 heterocycles. The monoisotopic (exact) mass is 365 g/mol. The molecule has 2 fully saturated rings. The molecule has 1 amide bonds. The molecule has 2 aliphatic rings. The van der Waals surface area contributed by atoms with E-state index in [1.807, 2.05) is 35.5 Å². The molecule has 6 heteroatoms. The van der Waals surface area contributed by atoms with Crippen molar-refractivity contribution in [3.05, 3.63) is 53.9 Å². The fraction of sp³-hybridized carbons (Fsp3) is 0.476. The van der Waals surface area contributed by atoms with Gasteiger partial charge in [-0.25, -0.2) is 9.97 Å². The number of hydrogen-bond donors (Lipinski definition) is 1. The van der Waals surface area contributed by atoms with E-state index in [0.29, 0.717) is 19.5 Å². The van der Waals surface area contributed by atoms with E-state index in [1.54, 1.807) is 0 Å². The van der Waals surface area contributed by atoms with Crippen LogP contribution in [-0.4, -0.2) is 47.0 Å². The number of amides is 1. The highest BCUT2D eigenvalue weighted by Crippen LogP contribution is 2.19. The predicted molar refractivity (Wildman–Crippen MR) is 105 cm³/mol. The van der Waals surface area contributed by atoms with E-state index in [-0.39, 0.29) is 11.9 Å². The first kappa shape index (κ1) is 17.9. The molecule has 0 radical (unpaired) electrons. The minimum absolute atomic E-state index is 0.103. The Kier molecular flexibility index (Phi) is 5.63. The lowest BCUT2D eigenvalue weighted by Crippen LogP contribution is -2.35. The van der Waals surface area contributed by atoms with Gasteiger partial charge in [-0.2, -0.15) is 0 Å². The zero-order chi connectivity index (χ0) is 18.5. The number of carbonyl (C=O) groups excluding carboxylic acids is 1. The van der Waals surface area contributed by atoms with E-state index in [2.05, 4.69) is 32.3 Å². The van der Waals surface area contributed by atoms with Crippen LogP contribution in [0.1, 0.15) is 42.9 Å². The number of aromatic nitrogens is 2. The van der Waals surface area contributed by atoms with Crippen LogP contribution in [0.25, 0.3) is 0 Å². The second-order valence-corrected chi connectivity index (χ2v) is 7.37. The maximum absolute atomic E-state index is 12.1. The smallest absolute Gasteiger partial charge is 0.225 e. The van der Waals surface area contributed by atoms with Crippen molar-refractivity contribution in [2.45, 2.75) is 38.3 Å². The van der Waals surface area contributed by atoms with Crippen LogP contribution in [-0.2, 0) is 11.3 Å². The minimum Gasteiger partial charge on any atom is -0.341 e. The highest BCUT2D eigenvalue weighted by molar-refractivity contribution is 5.78. The maximum Gasteiger partial charge on any atom is 0.225 e. The Bertz CT molecular complexity index is 743. The number of nitrogens with zero attached hydrogens (tertiary/aromatic N) is 4. The highest BCUT2D eigenvalue weighted by atomic mass is 16.2. The van der Waals surface area contributed by atoms with Gasteiger partial charge in [-0.3, -0.25) is 4.79 Å². The van der Waals surface area contributed by atoms with Crippen LogP contribution in [0.4, 0.5) is 5.95 Å². The summed E-state index contributed by atoms with van der Waals surface area (Å²) in [7, 11) is 0. The third-order valence-corrected chi connectivity index (χ3v) is 5.41. The first-order valence-corrected chi connectivity index (χ1v) is 9.91. The quantitative estimate of drug-likeness (QED) is 0.817. The average molecular weight is 365 g/mol. The van der Waals surface area contributed by atoms with E-state index in [1.165, 1.54) is 18.4 Å². The minimum atomic E-state index is 0.103. The number of nitrogens with one attached hydrogen (secondary N) is 1. The average Bonchev–Trinajstić information content (AvgIpc) is 3.38. The standard InChI is InChI=1S/C21H27N5O/c27-20-9-6-12-26(20)16-19(18-7-2-1-3-8-18)22-13-17-14-23-21(24-15-17)25-10-4-5-11-25/h1-3,7-8,14-15,19,22H,4-6,9-13,16H2/t19-/m0/s1. The van der Waals surface area contributed by atoms with Gasteiger partial charge in [-0.1, -0.05) is 30.3 Å². The van der Waals surface area contributed by atoms with Gasteiger partial charge in [0.2, 0.25) is 11.9 Å². The summed E-state index contributed by atoms with van der Waals surface area (Å²) in [6.07, 6.45) is 7.91. The fourth-order valence-electron chi connectivity index (χ4n) is 3.85. The fourth-order valence-corrected chi connectivity index (χ4v) is 3.85. The van der Waals surface area contributed by atoms with Gasteiger partial charge in [-0.15, -0.1) is 0 Å². The molecule has 6 nitrogen and oxygen atoms in total. The number of benzene rings is 1. The van der Waals surface area contributed by atoms with Crippen LogP contribution >= 0.6 is 0 Å². The van der Waals surface area contributed by atoms with Crippen LogP contribution in [0.5, 0.6) is 0 Å². The van der Waals surface area contributed by atoms with E-state index < -0.39 is 0 Å². The first-order valence-electron chi connectivity index (χ1n) is 9.91. The van der Waals surface area contributed by atoms with Crippen molar-refractivity contribution in [2.24, 2.45) is 0 Å². The van der Waals surface area contributed by atoms with Crippen molar-refractivity contribution in [1.29, 1.82) is 0 Å². The number of rotatable bonds is 7. The second kappa shape index (κ2) is 8.48. The molecule has 0 bridgehead atoms. The van der Waals surface area contributed by atoms with Crippen molar-refractivity contribution in [3.8, 4) is 0 Å². The predicted octanol–water partition coefficient (Wildman–Crippen LogP) is 2.53. The van der Waals surface area contributed by atoms with Crippen molar-refractivity contribution in [3.63, 3.8) is 0 Å². The molecule has 0 spiro atoms. The second-order valence-electron chi connectivity index (χ2n) is 7.37. The van der Waals surface area contributed by atoms with E-state index >= 15 is 0 Å². The molecule has 4 rings (SSSR count). The van der Waals surface area contributed by atoms with Crippen LogP contribution in [0.3, 0.4) is 0 Å². The Balaban J connectivity index is 1.41. The topological polar surface area (TPSA) is 61.4 Å². The molecule has 1 atom stereocenters. The molecule has 0 unspecified atom stereocenters. The summed E-state index contributed by atoms with van der Waals surface area (Å²) in [5.74, 6) is 1.09. The van der Waals surface area contributed by atoms with Gasteiger partial charge in [0, 0.05) is 57.1 Å². The summed E-state index contributed by atoms with van der Waals surface area (Å²) in [6.45, 7) is 4.35. The lowest BCUT2D eigenvalue weighted by atomic mass is 10.1. The summed E-state index contributed by atoms with van der Waals surface area (Å²) in [5.41, 5.74) is 2.26. The van der Waals surface area contributed by atoms with Crippen molar-refractivity contribution >= 4 is 11.9 Å². The molecule has 2 aromatic rings. The summed E-state index contributed by atoms with van der Waals surface area (Å²) >= 11 is 0. The first-order chi connectivity index (χ1) is 13.3. The molecule has 27 heavy (non-hydrogen) atoms. The van der Waals surface area contributed by atoms with Gasteiger partial charge in [0.05, 0.1) is 6.04 Å². The Morgan fingerprint density at radius 1 is 1.00 bits per heavy atom. The van der Waals surface area contributed by atoms with E-state index in [9.17, 15) is 4.79 Å². The van der Waals surface area contributed by atoms with Crippen LogP contribution < -0.4 is 10.2 Å². The molecule has 1 aromatic carbocycles. The third kappa shape index (κ3) is 4.45. The molecular weight excluding hydrogens is 338 g/mol. The van der Waals surface area contributed by atoms with Gasteiger partial charge in [0.25, 0.3) is 0 Å². The number of carbonyl (C=O) groups is 1. The lowest BCUT2D eigenvalue weighted by molar-refractivity contribution is -0.128. The molecule has 2 saturated heterocycles. The van der Waals surface area contributed by atoms with Gasteiger partial charge >= 0.3 is 0 Å². The number of anilines is 1. The molecule has 1 N–H and O–H groups in total. The van der Waals surface area contributed by atoms with Gasteiger partial charge in [0.15, 0.2) is 0 Å². The maximum atomic E-state index is 12.1. The summed E-state index contributed by atoms with van der Waals surface area (Å²) in [5, 5.41) is 3.60. The van der Waals surface area contributed by atoms with Gasteiger partial charge < -0.3 is 15.1 Å². The van der Waals surface area contributed by atoms with E-state index in [0.717, 1.165) is 37.6 Å². The Morgan fingerprint density at radius 3 is 2.41 bits per heavy atom. The summed E-state index contributed by atoms with van der Waals surface area (Å²) in [4.78, 5) is 25.3. The van der Waals surface area contributed by atoms with Crippen LogP contribution in [0.2, 0.25) is 0 Å². The normalized spacial score (nSPS) is 18.3. The highest BCUT2D eigenvalue weighted by Gasteiger charge is 2.24. The third-order valence-electron chi connectivity index (χ3n) is 5.41. The molecule has 0 aliphatic carbocycles. The van der Waals surface area contributed by atoms with Crippen LogP contribution in [0.15, 0.2) is 42.7 Å². The number of likely N-dealkylation sites (tertiary alicyclic amines) is 1. The SMILES string of the molecule is O=C1CCCN1C[C@H](NCc1cnc(N2CCCC2)nc1)c1ccccc1. The molecule has 0 saturated carbocycles. The zero-order valence-electron chi connectivity index (χ0n) is 15.7. The molecule has 142 valence electrons. The van der Waals surface area contributed by atoms with Crippen molar-refractivity contribution in [1.82, 2.24) is 20.2 Å². The lowest BCUT2D eigenvalue weighted by Gasteiger charge is -2.25. The molecule has 2 aliphatic heterocycles. The van der Waals surface area contributed by atoms with E-state index in [4.69, 9.17) is 0 Å². The zero-order valence-corrected chi connectivity index (χ0v) is 15.7. The summed E-state index contributed by atoms with van der Waals surface area (Å²) < 4.78 is 0. The molecule has 1 aromatic heterocycles.